The van der Waals surface area contributed by atoms with Crippen LogP contribution in [0.5, 0.6) is 0 Å². The van der Waals surface area contributed by atoms with Gasteiger partial charge in [-0.2, -0.15) is 0 Å². The molecule has 1 amide bonds. The molecule has 0 radical (unpaired) electrons. The molecule has 0 aliphatic heterocycles. The van der Waals surface area contributed by atoms with E-state index < -0.39 is 18.8 Å². The maximum atomic E-state index is 12.1. The lowest BCUT2D eigenvalue weighted by Crippen LogP contribution is -2.44. The first-order valence-corrected chi connectivity index (χ1v) is 7.54. The van der Waals surface area contributed by atoms with Crippen LogP contribution in [0.15, 0.2) is 66.7 Å². The first-order valence-electron chi connectivity index (χ1n) is 7.54. The molecule has 0 heterocycles. The predicted molar refractivity (Wildman–Crippen MR) is 90.6 cm³/mol. The topological polar surface area (TPSA) is 69.6 Å². The van der Waals surface area contributed by atoms with Crippen molar-refractivity contribution < 1.29 is 15.0 Å². The van der Waals surface area contributed by atoms with Gasteiger partial charge in [0.15, 0.2) is 0 Å². The molecular weight excluding hydrogens is 290 g/mol. The molecule has 0 fully saturated rings. The van der Waals surface area contributed by atoms with Crippen LogP contribution in [0.25, 0.3) is 6.08 Å². The van der Waals surface area contributed by atoms with E-state index in [1.165, 1.54) is 0 Å². The lowest BCUT2D eigenvalue weighted by atomic mass is 10.1. The van der Waals surface area contributed by atoms with Crippen LogP contribution in [0.2, 0.25) is 0 Å². The number of amides is 1. The molecule has 0 saturated carbocycles. The number of aliphatic hydroxyl groups is 2. The number of rotatable bonds is 7. The monoisotopic (exact) mass is 311 g/mol. The molecule has 2 rings (SSSR count). The Hall–Kier alpha value is -2.43. The molecule has 0 unspecified atom stereocenters. The molecule has 0 aliphatic rings. The Morgan fingerprint density at radius 2 is 1.65 bits per heavy atom. The molecule has 120 valence electrons. The van der Waals surface area contributed by atoms with E-state index in [-0.39, 0.29) is 12.3 Å². The average Bonchev–Trinajstić information content (AvgIpc) is 2.59. The molecule has 4 nitrogen and oxygen atoms in total. The third-order valence-corrected chi connectivity index (χ3v) is 3.43. The normalized spacial score (nSPS) is 13.7. The van der Waals surface area contributed by atoms with Crippen LogP contribution >= 0.6 is 0 Å². The smallest absolute Gasteiger partial charge is 0.224 e. The van der Waals surface area contributed by atoms with Crippen molar-refractivity contribution in [3.05, 3.63) is 77.9 Å². The van der Waals surface area contributed by atoms with Gasteiger partial charge in [-0.1, -0.05) is 72.8 Å². The number of carbonyl (C=O) groups is 1. The van der Waals surface area contributed by atoms with Gasteiger partial charge in [0, 0.05) is 0 Å². The zero-order valence-corrected chi connectivity index (χ0v) is 12.8. The molecule has 0 spiro atoms. The average molecular weight is 311 g/mol. The van der Waals surface area contributed by atoms with Crippen LogP contribution in [-0.4, -0.2) is 34.9 Å². The Morgan fingerprint density at radius 3 is 2.26 bits per heavy atom. The van der Waals surface area contributed by atoms with Crippen LogP contribution in [0.3, 0.4) is 0 Å². The van der Waals surface area contributed by atoms with Gasteiger partial charge in [-0.25, -0.2) is 0 Å². The Morgan fingerprint density at radius 1 is 1.04 bits per heavy atom. The quantitative estimate of drug-likeness (QED) is 0.730. The van der Waals surface area contributed by atoms with Crippen molar-refractivity contribution in [1.29, 1.82) is 0 Å². The van der Waals surface area contributed by atoms with Gasteiger partial charge in [0.25, 0.3) is 0 Å². The summed E-state index contributed by atoms with van der Waals surface area (Å²) in [6.07, 6.45) is 2.69. The second-order valence-corrected chi connectivity index (χ2v) is 5.28. The van der Waals surface area contributed by atoms with E-state index in [1.807, 2.05) is 66.7 Å². The minimum absolute atomic E-state index is 0.202. The zero-order chi connectivity index (χ0) is 16.5. The number of carbonyl (C=O) groups excluding carboxylic acids is 1. The van der Waals surface area contributed by atoms with Crippen LogP contribution in [0.1, 0.15) is 11.1 Å². The van der Waals surface area contributed by atoms with Crippen molar-refractivity contribution in [3.8, 4) is 0 Å². The molecule has 23 heavy (non-hydrogen) atoms. The summed E-state index contributed by atoms with van der Waals surface area (Å²) in [5.74, 6) is -0.202. The van der Waals surface area contributed by atoms with Crippen molar-refractivity contribution >= 4 is 12.0 Å². The van der Waals surface area contributed by atoms with Gasteiger partial charge in [0.1, 0.15) is 6.10 Å². The highest BCUT2D eigenvalue weighted by atomic mass is 16.3. The SMILES string of the molecule is O=C(Cc1ccccc1)N[C@@H](/C=C/c1ccccc1)[C@H](O)CO. The summed E-state index contributed by atoms with van der Waals surface area (Å²) in [5, 5.41) is 21.8. The zero-order valence-electron chi connectivity index (χ0n) is 12.8. The van der Waals surface area contributed by atoms with Crippen molar-refractivity contribution in [1.82, 2.24) is 5.32 Å². The van der Waals surface area contributed by atoms with Gasteiger partial charge >= 0.3 is 0 Å². The maximum Gasteiger partial charge on any atom is 0.224 e. The van der Waals surface area contributed by atoms with E-state index in [0.29, 0.717) is 0 Å². The molecule has 2 atom stereocenters. The summed E-state index contributed by atoms with van der Waals surface area (Å²) >= 11 is 0. The molecule has 0 bridgehead atoms. The van der Waals surface area contributed by atoms with Crippen molar-refractivity contribution in [3.63, 3.8) is 0 Å². The Kier molecular flexibility index (Phi) is 6.54. The number of nitrogens with one attached hydrogen (secondary N) is 1. The van der Waals surface area contributed by atoms with Crippen LogP contribution in [0.4, 0.5) is 0 Å². The van der Waals surface area contributed by atoms with E-state index in [4.69, 9.17) is 5.11 Å². The minimum atomic E-state index is -1.05. The number of aliphatic hydroxyl groups excluding tert-OH is 2. The molecule has 0 aliphatic carbocycles. The predicted octanol–water partition coefficient (Wildman–Crippen LogP) is 1.78. The van der Waals surface area contributed by atoms with Crippen molar-refractivity contribution in [2.75, 3.05) is 6.61 Å². The van der Waals surface area contributed by atoms with E-state index in [1.54, 1.807) is 6.08 Å². The lowest BCUT2D eigenvalue weighted by Gasteiger charge is -2.19. The van der Waals surface area contributed by atoms with Gasteiger partial charge < -0.3 is 15.5 Å². The summed E-state index contributed by atoms with van der Waals surface area (Å²) in [5.41, 5.74) is 1.86. The molecule has 0 aromatic heterocycles. The standard InChI is InChI=1S/C19H21NO3/c21-14-18(22)17(12-11-15-7-3-1-4-8-15)20-19(23)13-16-9-5-2-6-10-16/h1-12,17-18,21-22H,13-14H2,(H,20,23)/b12-11+/t17-,18+/m0/s1. The highest BCUT2D eigenvalue weighted by Gasteiger charge is 2.18. The molecule has 3 N–H and O–H groups in total. The largest absolute Gasteiger partial charge is 0.394 e. The third kappa shape index (κ3) is 5.70. The van der Waals surface area contributed by atoms with Gasteiger partial charge in [0.05, 0.1) is 19.1 Å². The first kappa shape index (κ1) is 16.9. The fourth-order valence-corrected chi connectivity index (χ4v) is 2.18. The van der Waals surface area contributed by atoms with Gasteiger partial charge in [-0.15, -0.1) is 0 Å². The highest BCUT2D eigenvalue weighted by molar-refractivity contribution is 5.79. The van der Waals surface area contributed by atoms with Gasteiger partial charge in [-0.3, -0.25) is 4.79 Å². The van der Waals surface area contributed by atoms with Crippen LogP contribution in [0, 0.1) is 0 Å². The summed E-state index contributed by atoms with van der Waals surface area (Å²) in [4.78, 5) is 12.1. The molecule has 2 aromatic rings. The Balaban J connectivity index is 2.01. The maximum absolute atomic E-state index is 12.1. The van der Waals surface area contributed by atoms with Crippen molar-refractivity contribution in [2.45, 2.75) is 18.6 Å². The van der Waals surface area contributed by atoms with E-state index in [9.17, 15) is 9.90 Å². The van der Waals surface area contributed by atoms with Crippen molar-refractivity contribution in [2.24, 2.45) is 0 Å². The van der Waals surface area contributed by atoms with E-state index in [0.717, 1.165) is 11.1 Å². The first-order chi connectivity index (χ1) is 11.2. The summed E-state index contributed by atoms with van der Waals surface area (Å²) in [6.45, 7) is -0.421. The Labute approximate surface area is 136 Å². The number of benzene rings is 2. The third-order valence-electron chi connectivity index (χ3n) is 3.43. The van der Waals surface area contributed by atoms with Crippen LogP contribution in [-0.2, 0) is 11.2 Å². The summed E-state index contributed by atoms with van der Waals surface area (Å²) < 4.78 is 0. The fourth-order valence-electron chi connectivity index (χ4n) is 2.18. The molecular formula is C19H21NO3. The van der Waals surface area contributed by atoms with Gasteiger partial charge in [0.2, 0.25) is 5.91 Å². The Bertz CT molecular complexity index is 626. The number of hydrogen-bond acceptors (Lipinski definition) is 3. The summed E-state index contributed by atoms with van der Waals surface area (Å²) in [6, 6.07) is 18.3. The van der Waals surface area contributed by atoms with Crippen LogP contribution < -0.4 is 5.32 Å². The second-order valence-electron chi connectivity index (χ2n) is 5.28. The fraction of sp³-hybridized carbons (Fsp3) is 0.211. The molecule has 4 heteroatoms. The number of hydrogen-bond donors (Lipinski definition) is 3. The molecule has 0 saturated heterocycles. The minimum Gasteiger partial charge on any atom is -0.394 e. The highest BCUT2D eigenvalue weighted by Crippen LogP contribution is 2.06. The van der Waals surface area contributed by atoms with E-state index in [2.05, 4.69) is 5.32 Å². The lowest BCUT2D eigenvalue weighted by molar-refractivity contribution is -0.121. The molecule has 2 aromatic carbocycles. The van der Waals surface area contributed by atoms with Gasteiger partial charge in [-0.05, 0) is 11.1 Å². The summed E-state index contributed by atoms with van der Waals surface area (Å²) in [7, 11) is 0. The van der Waals surface area contributed by atoms with E-state index >= 15 is 0 Å². The second kappa shape index (κ2) is 8.88.